The first-order chi connectivity index (χ1) is 9.40. The molecule has 0 saturated heterocycles. The summed E-state index contributed by atoms with van der Waals surface area (Å²) in [5.74, 6) is 0. The Balaban J connectivity index is 2.23. The molecule has 0 atom stereocenters. The van der Waals surface area contributed by atoms with Gasteiger partial charge in [-0.15, -0.1) is 0 Å². The minimum Gasteiger partial charge on any atom is -0.0622 e. The van der Waals surface area contributed by atoms with Crippen LogP contribution < -0.4 is 0 Å². The summed E-state index contributed by atoms with van der Waals surface area (Å²) < 4.78 is 0. The van der Waals surface area contributed by atoms with Gasteiger partial charge in [0, 0.05) is 6.08 Å². The Kier molecular flexibility index (Phi) is 4.72. The number of allylic oxidation sites excluding steroid dienone is 2. The van der Waals surface area contributed by atoms with Crippen molar-refractivity contribution in [2.24, 2.45) is 0 Å². The number of hydrogen-bond acceptors (Lipinski definition) is 0. The minimum atomic E-state index is 0.881. The second kappa shape index (κ2) is 6.98. The van der Waals surface area contributed by atoms with Gasteiger partial charge in [-0.3, -0.25) is 0 Å². The molecule has 0 amide bonds. The summed E-state index contributed by atoms with van der Waals surface area (Å²) in [4.78, 5) is 4.27. The zero-order chi connectivity index (χ0) is 13.3. The van der Waals surface area contributed by atoms with E-state index in [1.807, 2.05) is 72.8 Å². The van der Waals surface area contributed by atoms with Crippen LogP contribution in [0.3, 0.4) is 0 Å². The lowest BCUT2D eigenvalue weighted by molar-refractivity contribution is 1.56. The molecule has 0 spiro atoms. The molecular formula is C18H15N+. The van der Waals surface area contributed by atoms with Crippen LogP contribution in [0.5, 0.6) is 0 Å². The van der Waals surface area contributed by atoms with Gasteiger partial charge in [-0.2, -0.15) is 0 Å². The van der Waals surface area contributed by atoms with Crippen molar-refractivity contribution in [1.82, 2.24) is 0 Å². The molecule has 0 aliphatic rings. The second-order valence-electron chi connectivity index (χ2n) is 3.93. The smallest absolute Gasteiger partial charge is 0.0622 e. The molecule has 1 nitrogen and oxygen atoms in total. The van der Waals surface area contributed by atoms with E-state index in [1.54, 1.807) is 6.92 Å². The molecule has 91 valence electrons. The molecule has 2 aromatic rings. The molecule has 0 aliphatic carbocycles. The van der Waals surface area contributed by atoms with E-state index >= 15 is 0 Å². The van der Waals surface area contributed by atoms with Crippen LogP contribution in [-0.4, -0.2) is 0 Å². The Bertz CT molecular complexity index is 626. The Morgan fingerprint density at radius 2 is 1.58 bits per heavy atom. The van der Waals surface area contributed by atoms with Crippen LogP contribution in [0, 0.1) is 12.1 Å². The highest BCUT2D eigenvalue weighted by Gasteiger charge is 2.07. The largest absolute Gasteiger partial charge is 0.347 e. The van der Waals surface area contributed by atoms with Gasteiger partial charge in [0.15, 0.2) is 0 Å². The summed E-state index contributed by atoms with van der Waals surface area (Å²) in [7, 11) is 0. The molecule has 2 aromatic carbocycles. The first kappa shape index (κ1) is 12.9. The van der Waals surface area contributed by atoms with Crippen molar-refractivity contribution in [2.45, 2.75) is 6.92 Å². The Hall–Kier alpha value is -2.59. The number of benzene rings is 2. The van der Waals surface area contributed by atoms with Gasteiger partial charge in [0.2, 0.25) is 0 Å². The number of nitrogens with zero attached hydrogens (tertiary/aromatic N) is 1. The van der Waals surface area contributed by atoms with Crippen LogP contribution in [0.15, 0.2) is 72.8 Å². The predicted octanol–water partition coefficient (Wildman–Crippen LogP) is 4.79. The fourth-order valence-corrected chi connectivity index (χ4v) is 1.68. The van der Waals surface area contributed by atoms with E-state index in [9.17, 15) is 0 Å². The molecule has 0 aliphatic heterocycles. The minimum absolute atomic E-state index is 0.881. The summed E-state index contributed by atoms with van der Waals surface area (Å²) in [5, 5.41) is 0. The van der Waals surface area contributed by atoms with Crippen LogP contribution in [-0.2, 0) is 0 Å². The standard InChI is InChI=1S/C18H15N/c1-2-19-18(17-13-7-4-8-14-17)15-9-12-16-10-5-3-6-11-16/h3-11,13-15H,1H3/q+1/b12-9?,18-15-. The van der Waals surface area contributed by atoms with Gasteiger partial charge in [0.25, 0.3) is 6.07 Å². The SMILES string of the molecule is CC#[N+]/C(=C\C=[C]c1ccccc1)c1ccccc1. The van der Waals surface area contributed by atoms with Crippen molar-refractivity contribution in [3.8, 4) is 6.07 Å². The van der Waals surface area contributed by atoms with Crippen LogP contribution in [0.25, 0.3) is 10.5 Å². The maximum absolute atomic E-state index is 4.27. The molecule has 0 aromatic heterocycles. The van der Waals surface area contributed by atoms with Crippen LogP contribution >= 0.6 is 0 Å². The molecule has 0 bridgehead atoms. The predicted molar refractivity (Wildman–Crippen MR) is 80.7 cm³/mol. The van der Waals surface area contributed by atoms with Gasteiger partial charge in [-0.1, -0.05) is 48.5 Å². The summed E-state index contributed by atoms with van der Waals surface area (Å²) in [6.07, 6.45) is 7.04. The topological polar surface area (TPSA) is 4.36 Å². The van der Waals surface area contributed by atoms with E-state index in [-0.39, 0.29) is 0 Å². The monoisotopic (exact) mass is 245 g/mol. The van der Waals surface area contributed by atoms with Crippen molar-refractivity contribution in [3.63, 3.8) is 0 Å². The molecule has 0 saturated carbocycles. The molecule has 0 heterocycles. The first-order valence-corrected chi connectivity index (χ1v) is 6.18. The van der Waals surface area contributed by atoms with E-state index in [2.05, 4.69) is 17.0 Å². The lowest BCUT2D eigenvalue weighted by atomic mass is 10.1. The summed E-state index contributed by atoms with van der Waals surface area (Å²) in [5.41, 5.74) is 3.00. The van der Waals surface area contributed by atoms with Crippen molar-refractivity contribution in [2.75, 3.05) is 0 Å². The third-order valence-electron chi connectivity index (χ3n) is 2.57. The van der Waals surface area contributed by atoms with E-state index in [4.69, 9.17) is 0 Å². The zero-order valence-electron chi connectivity index (χ0n) is 10.9. The maximum atomic E-state index is 4.27. The molecular weight excluding hydrogens is 230 g/mol. The maximum Gasteiger partial charge on any atom is 0.347 e. The van der Waals surface area contributed by atoms with Gasteiger partial charge in [0.1, 0.15) is 0 Å². The van der Waals surface area contributed by atoms with Crippen LogP contribution in [0.2, 0.25) is 0 Å². The average Bonchev–Trinajstić information content (AvgIpc) is 2.48. The first-order valence-electron chi connectivity index (χ1n) is 6.18. The Morgan fingerprint density at radius 3 is 2.21 bits per heavy atom. The number of rotatable bonds is 3. The van der Waals surface area contributed by atoms with Gasteiger partial charge < -0.3 is 0 Å². The average molecular weight is 245 g/mol. The second-order valence-corrected chi connectivity index (χ2v) is 3.93. The molecule has 2 rings (SSSR count). The van der Waals surface area contributed by atoms with Crippen molar-refractivity contribution in [3.05, 3.63) is 94.9 Å². The molecule has 0 fully saturated rings. The highest BCUT2D eigenvalue weighted by Crippen LogP contribution is 2.15. The van der Waals surface area contributed by atoms with E-state index in [1.165, 1.54) is 0 Å². The highest BCUT2D eigenvalue weighted by molar-refractivity contribution is 5.72. The van der Waals surface area contributed by atoms with Gasteiger partial charge >= 0.3 is 5.70 Å². The Labute approximate surface area is 114 Å². The van der Waals surface area contributed by atoms with E-state index in [0.717, 1.165) is 16.8 Å². The van der Waals surface area contributed by atoms with Gasteiger partial charge in [-0.25, -0.2) is 0 Å². The third kappa shape index (κ3) is 3.97. The van der Waals surface area contributed by atoms with Crippen LogP contribution in [0.1, 0.15) is 18.1 Å². The molecule has 0 unspecified atom stereocenters. The quantitative estimate of drug-likeness (QED) is 0.685. The van der Waals surface area contributed by atoms with Crippen molar-refractivity contribution >= 4 is 5.70 Å². The summed E-state index contributed by atoms with van der Waals surface area (Å²) in [6.45, 7) is 1.79. The lowest BCUT2D eigenvalue weighted by Gasteiger charge is -1.89. The fraction of sp³-hybridized carbons (Fsp3) is 0.0556. The molecule has 1 heteroatoms. The molecule has 1 radical (unpaired) electrons. The van der Waals surface area contributed by atoms with Crippen molar-refractivity contribution < 1.29 is 0 Å². The van der Waals surface area contributed by atoms with Crippen molar-refractivity contribution in [1.29, 1.82) is 0 Å². The lowest BCUT2D eigenvalue weighted by Crippen LogP contribution is -1.77. The van der Waals surface area contributed by atoms with Gasteiger partial charge in [0.05, 0.1) is 12.5 Å². The molecule has 19 heavy (non-hydrogen) atoms. The van der Waals surface area contributed by atoms with E-state index < -0.39 is 0 Å². The fourth-order valence-electron chi connectivity index (χ4n) is 1.68. The summed E-state index contributed by atoms with van der Waals surface area (Å²) in [6, 6.07) is 22.9. The molecule has 0 N–H and O–H groups in total. The zero-order valence-corrected chi connectivity index (χ0v) is 10.9. The van der Waals surface area contributed by atoms with E-state index in [0.29, 0.717) is 0 Å². The highest BCUT2D eigenvalue weighted by atomic mass is 14.7. The van der Waals surface area contributed by atoms with Gasteiger partial charge in [-0.05, 0) is 34.7 Å². The van der Waals surface area contributed by atoms with Crippen LogP contribution in [0.4, 0.5) is 0 Å². The summed E-state index contributed by atoms with van der Waals surface area (Å²) >= 11 is 0. The number of hydrogen-bond donors (Lipinski definition) is 0. The third-order valence-corrected chi connectivity index (χ3v) is 2.57. The Morgan fingerprint density at radius 1 is 0.947 bits per heavy atom. The normalized spacial score (nSPS) is 11.1.